The fourth-order valence-electron chi connectivity index (χ4n) is 3.57. The molecule has 3 fully saturated rings. The lowest BCUT2D eigenvalue weighted by molar-refractivity contribution is -0.159. The number of alkyl halides is 6. The lowest BCUT2D eigenvalue weighted by Crippen LogP contribution is -2.57. The summed E-state index contributed by atoms with van der Waals surface area (Å²) in [6.07, 6.45) is -8.68. The minimum absolute atomic E-state index is 0.0657. The molecule has 3 N–H and O–H groups in total. The van der Waals surface area contributed by atoms with Gasteiger partial charge in [-0.3, -0.25) is 0 Å². The average Bonchev–Trinajstić information content (AvgIpc) is 2.61. The van der Waals surface area contributed by atoms with Gasteiger partial charge in [-0.05, 0) is 55.6 Å². The van der Waals surface area contributed by atoms with E-state index in [1.807, 2.05) is 4.90 Å². The number of halogens is 6. The number of carboxylic acid groups (broad SMARTS) is 2. The van der Waals surface area contributed by atoms with Crippen molar-refractivity contribution < 1.29 is 51.3 Å². The normalized spacial score (nSPS) is 26.4. The third kappa shape index (κ3) is 5.18. The summed E-state index contributed by atoms with van der Waals surface area (Å²) in [5, 5.41) is 25.6. The SMILES string of the molecule is O=C(O)C(=O)O.OC1(c2cc(C(F)(F)F)cc(C(F)(F)F)c2)CN2CCC1CC2. The molecule has 0 aliphatic carbocycles. The second-order valence-electron chi connectivity index (χ2n) is 6.88. The van der Waals surface area contributed by atoms with Crippen molar-refractivity contribution in [3.8, 4) is 0 Å². The second kappa shape index (κ2) is 7.82. The Balaban J connectivity index is 0.000000438. The highest BCUT2D eigenvalue weighted by molar-refractivity contribution is 6.27. The van der Waals surface area contributed by atoms with Crippen molar-refractivity contribution >= 4 is 11.9 Å². The molecule has 4 rings (SSSR count). The van der Waals surface area contributed by atoms with Crippen molar-refractivity contribution in [2.75, 3.05) is 19.6 Å². The fourth-order valence-corrected chi connectivity index (χ4v) is 3.57. The van der Waals surface area contributed by atoms with Gasteiger partial charge in [-0.1, -0.05) is 0 Å². The van der Waals surface area contributed by atoms with E-state index >= 15 is 0 Å². The first-order chi connectivity index (χ1) is 13.1. The van der Waals surface area contributed by atoms with E-state index in [2.05, 4.69) is 0 Å². The summed E-state index contributed by atoms with van der Waals surface area (Å²) in [4.78, 5) is 20.1. The molecule has 0 spiro atoms. The van der Waals surface area contributed by atoms with Crippen LogP contribution in [0.15, 0.2) is 18.2 Å². The van der Waals surface area contributed by atoms with Gasteiger partial charge in [-0.2, -0.15) is 26.3 Å². The van der Waals surface area contributed by atoms with Crippen LogP contribution in [0.2, 0.25) is 0 Å². The third-order valence-corrected chi connectivity index (χ3v) is 5.00. The van der Waals surface area contributed by atoms with E-state index in [-0.39, 0.29) is 24.1 Å². The summed E-state index contributed by atoms with van der Waals surface area (Å²) in [5.74, 6) is -3.97. The molecular formula is C17H17F6NO5. The van der Waals surface area contributed by atoms with E-state index in [1.54, 1.807) is 0 Å². The third-order valence-electron chi connectivity index (χ3n) is 5.00. The number of nitrogens with zero attached hydrogens (tertiary/aromatic N) is 1. The fraction of sp³-hybridized carbons (Fsp3) is 0.529. The quantitative estimate of drug-likeness (QED) is 0.469. The largest absolute Gasteiger partial charge is 0.473 e. The first-order valence-electron chi connectivity index (χ1n) is 8.35. The number of carboxylic acids is 2. The van der Waals surface area contributed by atoms with Gasteiger partial charge in [0, 0.05) is 6.54 Å². The molecule has 3 heterocycles. The molecule has 0 amide bonds. The zero-order valence-electron chi connectivity index (χ0n) is 14.7. The Morgan fingerprint density at radius 2 is 1.31 bits per heavy atom. The molecule has 1 unspecified atom stereocenters. The Hall–Kier alpha value is -2.34. The maximum absolute atomic E-state index is 13.0. The minimum atomic E-state index is -4.90. The van der Waals surface area contributed by atoms with Gasteiger partial charge in [0.25, 0.3) is 0 Å². The van der Waals surface area contributed by atoms with Crippen molar-refractivity contribution in [2.45, 2.75) is 30.8 Å². The first-order valence-corrected chi connectivity index (χ1v) is 8.35. The van der Waals surface area contributed by atoms with Crippen molar-refractivity contribution in [2.24, 2.45) is 5.92 Å². The van der Waals surface area contributed by atoms with Crippen molar-refractivity contribution in [3.63, 3.8) is 0 Å². The summed E-state index contributed by atoms with van der Waals surface area (Å²) < 4.78 is 77.7. The number of aliphatic hydroxyl groups is 1. The topological polar surface area (TPSA) is 98.1 Å². The number of aliphatic carboxylic acids is 2. The van der Waals surface area contributed by atoms with Crippen LogP contribution < -0.4 is 0 Å². The van der Waals surface area contributed by atoms with E-state index in [9.17, 15) is 31.4 Å². The van der Waals surface area contributed by atoms with Gasteiger partial charge in [0.1, 0.15) is 5.60 Å². The van der Waals surface area contributed by atoms with Gasteiger partial charge in [0.2, 0.25) is 0 Å². The highest BCUT2D eigenvalue weighted by Crippen LogP contribution is 2.45. The lowest BCUT2D eigenvalue weighted by Gasteiger charge is -2.50. The number of fused-ring (bicyclic) bond motifs is 3. The molecule has 6 nitrogen and oxygen atoms in total. The number of benzene rings is 1. The van der Waals surface area contributed by atoms with Crippen LogP contribution >= 0.6 is 0 Å². The monoisotopic (exact) mass is 429 g/mol. The van der Waals surface area contributed by atoms with E-state index in [0.717, 1.165) is 0 Å². The average molecular weight is 429 g/mol. The van der Waals surface area contributed by atoms with Gasteiger partial charge in [-0.15, -0.1) is 0 Å². The molecule has 3 saturated heterocycles. The van der Waals surface area contributed by atoms with Crippen LogP contribution in [-0.4, -0.2) is 51.8 Å². The predicted octanol–water partition coefficient (Wildman–Crippen LogP) is 2.79. The molecule has 0 aromatic heterocycles. The summed E-state index contributed by atoms with van der Waals surface area (Å²) in [6.45, 7) is 1.48. The number of piperidine rings is 3. The molecular weight excluding hydrogens is 412 g/mol. The molecule has 3 aliphatic heterocycles. The summed E-state index contributed by atoms with van der Waals surface area (Å²) in [5.41, 5.74) is -4.73. The Kier molecular flexibility index (Phi) is 6.19. The second-order valence-corrected chi connectivity index (χ2v) is 6.88. The number of hydrogen-bond donors (Lipinski definition) is 3. The van der Waals surface area contributed by atoms with Gasteiger partial charge >= 0.3 is 24.3 Å². The minimum Gasteiger partial charge on any atom is -0.473 e. The zero-order valence-corrected chi connectivity index (χ0v) is 14.7. The van der Waals surface area contributed by atoms with Crippen LogP contribution in [0, 0.1) is 5.92 Å². The van der Waals surface area contributed by atoms with Crippen LogP contribution in [-0.2, 0) is 27.5 Å². The lowest BCUT2D eigenvalue weighted by atomic mass is 9.71. The molecule has 2 bridgehead atoms. The maximum atomic E-state index is 13.0. The maximum Gasteiger partial charge on any atom is 0.416 e. The summed E-state index contributed by atoms with van der Waals surface area (Å²) in [7, 11) is 0. The van der Waals surface area contributed by atoms with Crippen LogP contribution in [0.5, 0.6) is 0 Å². The smallest absolute Gasteiger partial charge is 0.416 e. The molecule has 0 saturated carbocycles. The van der Waals surface area contributed by atoms with E-state index in [1.165, 1.54) is 0 Å². The molecule has 162 valence electrons. The number of rotatable bonds is 1. The first kappa shape index (κ1) is 22.9. The molecule has 0 radical (unpaired) electrons. The summed E-state index contributed by atoms with van der Waals surface area (Å²) in [6, 6.07) is 1.39. The Bertz CT molecular complexity index is 741. The van der Waals surface area contributed by atoms with Crippen LogP contribution in [0.3, 0.4) is 0 Å². The Labute approximate surface area is 160 Å². The highest BCUT2D eigenvalue weighted by atomic mass is 19.4. The summed E-state index contributed by atoms with van der Waals surface area (Å²) >= 11 is 0. The number of carbonyl (C=O) groups is 2. The zero-order chi connectivity index (χ0) is 22.2. The molecule has 3 aliphatic rings. The van der Waals surface area contributed by atoms with Crippen LogP contribution in [0.1, 0.15) is 29.5 Å². The van der Waals surface area contributed by atoms with Crippen molar-refractivity contribution in [3.05, 3.63) is 34.9 Å². The van der Waals surface area contributed by atoms with E-state index in [0.29, 0.717) is 38.1 Å². The Morgan fingerprint density at radius 1 is 0.897 bits per heavy atom. The predicted molar refractivity (Wildman–Crippen MR) is 84.8 cm³/mol. The van der Waals surface area contributed by atoms with Gasteiger partial charge in [0.05, 0.1) is 11.1 Å². The van der Waals surface area contributed by atoms with E-state index in [4.69, 9.17) is 19.8 Å². The van der Waals surface area contributed by atoms with Gasteiger partial charge in [-0.25, -0.2) is 9.59 Å². The molecule has 1 aromatic carbocycles. The van der Waals surface area contributed by atoms with E-state index < -0.39 is 41.0 Å². The standard InChI is InChI=1S/C15H15F6NO.C2H2O4/c16-14(17,18)11-5-10(6-12(7-11)15(19,20)21)13(23)8-22-3-1-9(13)2-4-22;3-1(4)2(5)6/h5-7,9,23H,1-4,8H2;(H,3,4)(H,5,6). The number of hydrogen-bond acceptors (Lipinski definition) is 4. The van der Waals surface area contributed by atoms with Gasteiger partial charge in [0.15, 0.2) is 0 Å². The van der Waals surface area contributed by atoms with Crippen molar-refractivity contribution in [1.29, 1.82) is 0 Å². The molecule has 29 heavy (non-hydrogen) atoms. The molecule has 12 heteroatoms. The molecule has 1 atom stereocenters. The van der Waals surface area contributed by atoms with Crippen molar-refractivity contribution in [1.82, 2.24) is 4.90 Å². The van der Waals surface area contributed by atoms with Crippen LogP contribution in [0.4, 0.5) is 26.3 Å². The Morgan fingerprint density at radius 3 is 1.59 bits per heavy atom. The highest BCUT2D eigenvalue weighted by Gasteiger charge is 2.48. The molecule has 1 aromatic rings. The van der Waals surface area contributed by atoms with Crippen LogP contribution in [0.25, 0.3) is 0 Å². The van der Waals surface area contributed by atoms with Gasteiger partial charge < -0.3 is 20.2 Å².